The molecule has 714 valence electrons. The van der Waals surface area contributed by atoms with Crippen molar-refractivity contribution in [1.82, 2.24) is 60.6 Å². The number of oxazole rings is 1. The highest BCUT2D eigenvalue weighted by atomic mass is 16.7. The second kappa shape index (κ2) is 52.0. The minimum atomic E-state index is -2.49. The van der Waals surface area contributed by atoms with E-state index in [9.17, 15) is 39.0 Å². The number of anilines is 2. The molecule has 1 saturated carbocycles. The number of hydrogen-bond donors (Lipinski definition) is 8. The Kier molecular flexibility index (Phi) is 41.7. The van der Waals surface area contributed by atoms with Gasteiger partial charge in [0.05, 0.1) is 107 Å². The summed E-state index contributed by atoms with van der Waals surface area (Å²) in [6.45, 7) is 21.2. The number of aryl methyl sites for hydroxylation is 2. The van der Waals surface area contributed by atoms with Crippen LogP contribution in [0.3, 0.4) is 0 Å². The van der Waals surface area contributed by atoms with Crippen molar-refractivity contribution >= 4 is 80.8 Å². The van der Waals surface area contributed by atoms with Gasteiger partial charge in [0.2, 0.25) is 23.5 Å². The standard InChI is InChI=1S/C92H140N16O21/c1-58-21-14-13-15-22-59(2)74(118-10)54-67-29-26-63(6)92(117,128-67)85(114)88(115)106-37-18-16-24-72(106)89(116)126-75(55-69(104-129-91(7,8)9)60(3)50-62(5)83(113)84(120-12)82(112)61(4)49-58)68(93)51-64-27-30-71(76(52-64)119-11)108-56-66(102-105-108)23-20-25-77(109)97-35-41-124-46-48-125-47-44-122-40-33-79(111)98-36-42-123-45-43-121-39-32-78(110)96-34-17-19-38-107-87-80(86(94)99-57-100-87)81(103-107)65-28-31-73-70(53-65)101-90(95)127-73/h13-15,21-22,28,31,50,53,56-58,60-61,63-64,67-68,71-72,74-76,83-84,113,117H,16-20,23-27,29-30,32-49,51-52,54-55,93H2,1-12H3,(H2,95,101)(H,96,110)(H,97,109)(H,98,111)(H2,94,99,100)/b15-13+,21-14+,59-22+,62-50+,104-69-/t58-,60-,61-,63-,64+,67+,68-,71+,72+,74+,75+,76-,83-,84+,92-/m1/s1. The van der Waals surface area contributed by atoms with Gasteiger partial charge in [0.25, 0.3) is 17.7 Å². The molecule has 129 heavy (non-hydrogen) atoms. The number of benzene rings is 1. The average molecular weight is 1810 g/mol. The lowest BCUT2D eigenvalue weighted by molar-refractivity contribution is -0.265. The van der Waals surface area contributed by atoms with Crippen LogP contribution in [0.5, 0.6) is 0 Å². The zero-order valence-electron chi connectivity index (χ0n) is 77.3. The van der Waals surface area contributed by atoms with E-state index < -0.39 is 89.4 Å². The number of hydrogen-bond acceptors (Lipinski definition) is 31. The Labute approximate surface area is 756 Å². The highest BCUT2D eigenvalue weighted by molar-refractivity contribution is 6.39. The zero-order valence-corrected chi connectivity index (χ0v) is 77.3. The maximum Gasteiger partial charge on any atom is 0.329 e. The highest BCUT2D eigenvalue weighted by Crippen LogP contribution is 2.40. The van der Waals surface area contributed by atoms with Crippen molar-refractivity contribution < 1.29 is 100 Å². The number of fused-ring (bicyclic) bond motifs is 5. The first kappa shape index (κ1) is 103. The predicted molar refractivity (Wildman–Crippen MR) is 482 cm³/mol. The lowest BCUT2D eigenvalue weighted by Gasteiger charge is -2.42. The molecule has 37 heteroatoms. The first-order chi connectivity index (χ1) is 61.9. The number of nitrogens with one attached hydrogen (secondary N) is 3. The molecule has 4 aliphatic rings. The van der Waals surface area contributed by atoms with Crippen LogP contribution in [0.25, 0.3) is 33.4 Å². The third-order valence-corrected chi connectivity index (χ3v) is 24.0. The van der Waals surface area contributed by atoms with Gasteiger partial charge in [-0.15, -0.1) is 5.10 Å². The van der Waals surface area contributed by atoms with Gasteiger partial charge in [-0.1, -0.05) is 74.5 Å². The van der Waals surface area contributed by atoms with Crippen molar-refractivity contribution in [2.45, 2.75) is 257 Å². The maximum absolute atomic E-state index is 15.1. The number of piperidine rings is 1. The summed E-state index contributed by atoms with van der Waals surface area (Å²) in [5, 5.41) is 52.0. The van der Waals surface area contributed by atoms with E-state index in [1.807, 2.05) is 102 Å². The van der Waals surface area contributed by atoms with Gasteiger partial charge in [0.15, 0.2) is 17.0 Å². The minimum absolute atomic E-state index is 0.0180. The summed E-state index contributed by atoms with van der Waals surface area (Å²) in [4.78, 5) is 116. The number of nitrogen functional groups attached to an aromatic ring is 2. The number of ether oxygens (including phenoxy) is 10. The average Bonchev–Trinajstić information content (AvgIpc) is 1.37. The number of aromatic nitrogens is 8. The van der Waals surface area contributed by atoms with Gasteiger partial charge in [-0.2, -0.15) is 10.1 Å². The molecule has 4 amide bonds. The van der Waals surface area contributed by atoms with E-state index in [-0.39, 0.29) is 112 Å². The first-order valence-corrected chi connectivity index (χ1v) is 45.6. The molecule has 9 rings (SSSR count). The number of aliphatic hydroxyl groups excluding tert-OH is 1. The largest absolute Gasteiger partial charge is 0.459 e. The van der Waals surface area contributed by atoms with E-state index in [0.717, 1.165) is 23.3 Å². The van der Waals surface area contributed by atoms with E-state index in [1.54, 1.807) is 44.9 Å². The zero-order chi connectivity index (χ0) is 93.2. The molecular formula is C92H140N16O21. The Morgan fingerprint density at radius 1 is 0.752 bits per heavy atom. The van der Waals surface area contributed by atoms with E-state index in [4.69, 9.17) is 84.1 Å². The third kappa shape index (κ3) is 31.7. The molecule has 0 spiro atoms. The highest BCUT2D eigenvalue weighted by Gasteiger charge is 2.53. The number of oxime groups is 1. The Balaban J connectivity index is 0.655. The summed E-state index contributed by atoms with van der Waals surface area (Å²) < 4.78 is 67.7. The van der Waals surface area contributed by atoms with Crippen molar-refractivity contribution in [3.05, 3.63) is 84.0 Å². The Hall–Kier alpha value is -9.38. The third-order valence-electron chi connectivity index (χ3n) is 24.0. The number of nitrogens with two attached hydrogens (primary N) is 3. The fraction of sp³-hybridized carbons (Fsp3) is 0.674. The number of aliphatic hydroxyl groups is 2. The molecule has 11 N–H and O–H groups in total. The first-order valence-electron chi connectivity index (χ1n) is 45.6. The monoisotopic (exact) mass is 1810 g/mol. The predicted octanol–water partition coefficient (Wildman–Crippen LogP) is 8.07. The molecule has 3 aliphatic heterocycles. The number of unbranched alkanes of at least 4 members (excludes halogenated alkanes) is 1. The molecule has 2 bridgehead atoms. The van der Waals surface area contributed by atoms with E-state index in [2.05, 4.69) is 41.2 Å². The van der Waals surface area contributed by atoms with Gasteiger partial charge >= 0.3 is 5.97 Å². The van der Waals surface area contributed by atoms with Crippen LogP contribution >= 0.6 is 0 Å². The van der Waals surface area contributed by atoms with Crippen LogP contribution in [0.15, 0.2) is 87.9 Å². The van der Waals surface area contributed by atoms with Crippen molar-refractivity contribution in [3.8, 4) is 11.3 Å². The van der Waals surface area contributed by atoms with E-state index >= 15 is 4.79 Å². The normalized spacial score (nSPS) is 26.6. The Morgan fingerprint density at radius 2 is 1.43 bits per heavy atom. The fourth-order valence-corrected chi connectivity index (χ4v) is 16.6. The van der Waals surface area contributed by atoms with Crippen molar-refractivity contribution in [2.24, 2.45) is 40.5 Å². The number of rotatable bonds is 39. The van der Waals surface area contributed by atoms with Gasteiger partial charge in [-0.25, -0.2) is 24.1 Å². The maximum atomic E-state index is 15.1. The molecule has 0 unspecified atom stereocenters. The van der Waals surface area contributed by atoms with Gasteiger partial charge in [0.1, 0.15) is 53.3 Å². The van der Waals surface area contributed by atoms with Crippen LogP contribution in [-0.2, 0) is 98.7 Å². The second-order valence-electron chi connectivity index (χ2n) is 35.2. The molecule has 1 aliphatic carbocycles. The van der Waals surface area contributed by atoms with Gasteiger partial charge < -0.3 is 105 Å². The Morgan fingerprint density at radius 3 is 2.12 bits per heavy atom. The topological polar surface area (TPSA) is 492 Å². The number of carbonyl (C=O) groups is 7. The number of Topliss-reactive ketones (excluding diaryl/α,β-unsaturated/α-hetero) is 2. The summed E-state index contributed by atoms with van der Waals surface area (Å²) in [5.74, 6) is -7.77. The van der Waals surface area contributed by atoms with Crippen LogP contribution in [0.2, 0.25) is 0 Å². The van der Waals surface area contributed by atoms with Crippen molar-refractivity contribution in [3.63, 3.8) is 0 Å². The molecule has 0 radical (unpaired) electrons. The smallest absolute Gasteiger partial charge is 0.329 e. The lowest BCUT2D eigenvalue weighted by Crippen LogP contribution is -2.61. The summed E-state index contributed by atoms with van der Waals surface area (Å²) >= 11 is 0. The number of cyclic esters (lactones) is 1. The van der Waals surface area contributed by atoms with E-state index in [1.165, 1.54) is 18.3 Å². The molecule has 37 nitrogen and oxygen atoms in total. The number of nitrogens with zero attached hydrogens (tertiary/aromatic N) is 10. The second-order valence-corrected chi connectivity index (χ2v) is 35.2. The van der Waals surface area contributed by atoms with Gasteiger partial charge in [-0.05, 0) is 166 Å². The summed E-state index contributed by atoms with van der Waals surface area (Å²) in [6, 6.07) is 3.29. The van der Waals surface area contributed by atoms with Gasteiger partial charge in [-0.3, -0.25) is 28.8 Å². The lowest BCUT2D eigenvalue weighted by atomic mass is 9.79. The number of carbonyl (C=O) groups excluding carboxylic acids is 7. The molecule has 15 atom stereocenters. The van der Waals surface area contributed by atoms with Gasteiger partial charge in [0, 0.05) is 122 Å². The number of methoxy groups -OCH3 is 3. The summed E-state index contributed by atoms with van der Waals surface area (Å²) in [6.07, 6.45) is 17.7. The van der Waals surface area contributed by atoms with Crippen molar-refractivity contribution in [2.75, 3.05) is 125 Å². The molecule has 5 aromatic rings. The number of ketones is 2. The Bertz CT molecular complexity index is 4580. The van der Waals surface area contributed by atoms with E-state index in [0.29, 0.717) is 201 Å². The van der Waals surface area contributed by atoms with Crippen LogP contribution < -0.4 is 33.2 Å². The molecular weight excluding hydrogens is 1670 g/mol. The SMILES string of the molecule is CO[C@H]1C[C@@H]2CC[C@@H](C)[C@@](O)(O2)C(=O)C(=O)N2CCCC[C@H]2C(=O)O[C@H]([C@H](N)C[C@@H]2CC[C@H](n3cc(CCCC(=O)NCCOCCOCCOCCC(=O)NCCOCCOCCC(=O)NCCCCn4nc(-c5ccc6oc(N)nc6c5)c5c(N)ncnc54)nn3)[C@H](OC)C2)C/C(=N/OC(C)(C)C)[C@H](C)/C=C(\C)[C@@H](O)[C@@H](OC)C(=O)[C@H](C)C[C@H](C)/C=C/C=C/C=C/1C. The molecule has 3 fully saturated rings. The summed E-state index contributed by atoms with van der Waals surface area (Å²) in [5.41, 5.74) is 24.2. The minimum Gasteiger partial charge on any atom is -0.459 e. The van der Waals surface area contributed by atoms with Crippen molar-refractivity contribution in [1.29, 1.82) is 0 Å². The molecule has 4 aromatic heterocycles. The van der Waals surface area contributed by atoms with Crippen LogP contribution in [-0.4, -0.2) is 275 Å². The molecule has 1 aromatic carbocycles. The quantitative estimate of drug-likeness (QED) is 0.00605. The summed E-state index contributed by atoms with van der Waals surface area (Å²) in [7, 11) is 4.62. The van der Waals surface area contributed by atoms with Crippen LogP contribution in [0.1, 0.15) is 190 Å². The fourth-order valence-electron chi connectivity index (χ4n) is 16.6. The van der Waals surface area contributed by atoms with Crippen LogP contribution in [0, 0.1) is 29.6 Å². The number of allylic oxidation sites excluding steroid dienone is 6. The number of amides is 4. The molecule has 7 heterocycles. The molecule has 2 saturated heterocycles. The van der Waals surface area contributed by atoms with Crippen LogP contribution in [0.4, 0.5) is 11.8 Å². The number of esters is 1.